The zero-order valence-corrected chi connectivity index (χ0v) is 12.3. The molecule has 0 aromatic heterocycles. The monoisotopic (exact) mass is 174 g/mol. The second-order valence-corrected chi connectivity index (χ2v) is 8.27. The van der Waals surface area contributed by atoms with Gasteiger partial charge < -0.3 is 2.87 Å². The Kier molecular flexibility index (Phi) is 4.86. The molecule has 5 heteroatoms. The summed E-state index contributed by atoms with van der Waals surface area (Å²) in [6.07, 6.45) is 0. The molecule has 0 aromatic rings. The van der Waals surface area contributed by atoms with Crippen LogP contribution in [0.3, 0.4) is 0 Å². The van der Waals surface area contributed by atoms with Gasteiger partial charge in [0.2, 0.25) is 0 Å². The summed E-state index contributed by atoms with van der Waals surface area (Å²) in [4.78, 5) is 0.427. The van der Waals surface area contributed by atoms with Crippen molar-refractivity contribution in [3.63, 3.8) is 0 Å². The molecule has 0 atom stereocenters. The van der Waals surface area contributed by atoms with E-state index in [0.29, 0.717) is 4.87 Å². The van der Waals surface area contributed by atoms with Gasteiger partial charge in [0, 0.05) is 4.87 Å². The van der Waals surface area contributed by atoms with Crippen molar-refractivity contribution >= 4 is 58.3 Å². The van der Waals surface area contributed by atoms with Crippen molar-refractivity contribution in [3.8, 4) is 0 Å². The molecule has 0 aromatic carbocycles. The van der Waals surface area contributed by atoms with Crippen molar-refractivity contribution in [1.29, 1.82) is 0 Å². The van der Waals surface area contributed by atoms with Crippen LogP contribution in [0.2, 0.25) is 0 Å². The largest absolute Gasteiger partial charge is 0.475 e. The van der Waals surface area contributed by atoms with Crippen LogP contribution in [-0.4, -0.2) is 55.9 Å². The van der Waals surface area contributed by atoms with Crippen molar-refractivity contribution < 1.29 is 0 Å². The second-order valence-electron chi connectivity index (χ2n) is 2.35. The molecular weight excluding hydrogens is 163 g/mol. The molecule has 0 saturated heterocycles. The summed E-state index contributed by atoms with van der Waals surface area (Å²) in [5.41, 5.74) is 0. The molecule has 0 amide bonds. The molecule has 0 aliphatic heterocycles. The summed E-state index contributed by atoms with van der Waals surface area (Å²) >= 11 is 4.42. The van der Waals surface area contributed by atoms with Crippen LogP contribution in [0.5, 0.6) is 0 Å². The first kappa shape index (κ1) is 9.91. The third-order valence-corrected chi connectivity index (χ3v) is 8.19. The fraction of sp³-hybridized carbons (Fsp3) is 1.00. The average Bonchev–Trinajstić information content (AvgIpc) is 1.67. The molecule has 1 radical (unpaired) electrons. The van der Waals surface area contributed by atoms with Gasteiger partial charge in [-0.1, -0.05) is 0 Å². The molecule has 0 aliphatic rings. The molecule has 0 bridgehead atoms. The summed E-state index contributed by atoms with van der Waals surface area (Å²) in [6.45, 7) is 4.56. The van der Waals surface area contributed by atoms with E-state index in [-0.39, 0.29) is 0 Å². The first-order valence-corrected chi connectivity index (χ1v) is 7.80. The molecule has 1 nitrogen and oxygen atoms in total. The highest BCUT2D eigenvalue weighted by Gasteiger charge is 2.13. The van der Waals surface area contributed by atoms with Crippen LogP contribution in [-0.2, 0) is 0 Å². The van der Waals surface area contributed by atoms with E-state index in [4.69, 9.17) is 0 Å². The van der Waals surface area contributed by atoms with Crippen molar-refractivity contribution in [2.24, 2.45) is 0 Å². The van der Waals surface area contributed by atoms with Gasteiger partial charge in [0.1, 0.15) is 0 Å². The van der Waals surface area contributed by atoms with E-state index in [2.05, 4.69) is 16.7 Å². The van der Waals surface area contributed by atoms with Gasteiger partial charge in [0.25, 0.3) is 33.0 Å². The number of hydrogen-bond acceptors (Lipinski definition) is 2. The standard InChI is InChI=1S/C3H7NS.3Al.5H/c1-3(2,4)5;;;;;;;;/h5H,1-2H3;;;;;;;;/q;;;+1;;;;;/p-1. The van der Waals surface area contributed by atoms with Crippen LogP contribution in [0.25, 0.3) is 0 Å². The summed E-state index contributed by atoms with van der Waals surface area (Å²) in [5.74, 6) is 0. The van der Waals surface area contributed by atoms with Gasteiger partial charge in [-0.15, -0.1) is 0 Å². The van der Waals surface area contributed by atoms with Crippen LogP contribution in [0.1, 0.15) is 13.8 Å². The van der Waals surface area contributed by atoms with Crippen molar-refractivity contribution in [2.45, 2.75) is 18.7 Å². The summed E-state index contributed by atoms with van der Waals surface area (Å²) in [6, 6.07) is 0. The van der Waals surface area contributed by atoms with E-state index >= 15 is 0 Å². The van der Waals surface area contributed by atoms with E-state index in [1.165, 1.54) is 31.7 Å². The number of rotatable bonds is 2. The van der Waals surface area contributed by atoms with Crippen LogP contribution in [0.15, 0.2) is 0 Å². The fourth-order valence-electron chi connectivity index (χ4n) is 0.156. The Morgan fingerprint density at radius 1 is 1.62 bits per heavy atom. The predicted molar refractivity (Wildman–Crippen MR) is 47.7 cm³/mol. The smallest absolute Gasteiger partial charge is 0.305 e. The van der Waals surface area contributed by atoms with Gasteiger partial charge >= 0.3 is 15.2 Å². The summed E-state index contributed by atoms with van der Waals surface area (Å²) in [5, 5.41) is 0. The molecule has 0 unspecified atom stereocenters. The molecule has 0 spiro atoms. The van der Waals surface area contributed by atoms with Crippen LogP contribution >= 0.6 is 10.1 Å². The fourth-order valence-corrected chi connectivity index (χ4v) is 4.21. The zero-order chi connectivity index (χ0) is 6.78. The van der Waals surface area contributed by atoms with Gasteiger partial charge in [-0.3, -0.25) is 10.1 Å². The predicted octanol–water partition coefficient (Wildman–Crippen LogP) is -1.33. The Hall–Kier alpha value is 1.91. The van der Waals surface area contributed by atoms with Gasteiger partial charge in [-0.25, -0.2) is 0 Å². The van der Waals surface area contributed by atoms with Gasteiger partial charge in [-0.05, 0) is 13.8 Å². The average molecular weight is 174 g/mol. The maximum absolute atomic E-state index is 2.41. The highest BCUT2D eigenvalue weighted by molar-refractivity contribution is 8.20. The lowest BCUT2D eigenvalue weighted by Gasteiger charge is -2.35. The van der Waals surface area contributed by atoms with E-state index in [1.807, 2.05) is 26.6 Å². The first-order valence-electron chi connectivity index (χ1n) is 2.60. The molecule has 0 heterocycles. The maximum Gasteiger partial charge on any atom is 0.305 e. The van der Waals surface area contributed by atoms with E-state index < -0.39 is 0 Å². The Morgan fingerprint density at radius 2 is 2.00 bits per heavy atom. The van der Waals surface area contributed by atoms with Crippen molar-refractivity contribution in [2.75, 3.05) is 0 Å². The minimum atomic E-state index is 0.427. The highest BCUT2D eigenvalue weighted by Crippen LogP contribution is 2.20. The van der Waals surface area contributed by atoms with Crippen molar-refractivity contribution in [1.82, 2.24) is 2.87 Å². The summed E-state index contributed by atoms with van der Waals surface area (Å²) < 4.78 is 2.41. The topological polar surface area (TPSA) is 3.24 Å². The molecule has 0 aliphatic carbocycles. The first-order chi connectivity index (χ1) is 3.50. The molecule has 0 N–H and O–H groups in total. The molecule has 0 saturated carbocycles. The Labute approximate surface area is 79.3 Å². The van der Waals surface area contributed by atoms with Crippen LogP contribution < -0.4 is 0 Å². The molecular formula is C3H11Al3NS. The lowest BCUT2D eigenvalue weighted by molar-refractivity contribution is 0.517. The molecule has 43 valence electrons. The van der Waals surface area contributed by atoms with Gasteiger partial charge in [0.15, 0.2) is 0 Å². The minimum Gasteiger partial charge on any atom is -0.475 e. The van der Waals surface area contributed by atoms with Crippen molar-refractivity contribution in [3.05, 3.63) is 0 Å². The van der Waals surface area contributed by atoms with E-state index in [9.17, 15) is 0 Å². The third-order valence-electron chi connectivity index (χ3n) is 1.42. The molecule has 0 rings (SSSR count). The van der Waals surface area contributed by atoms with E-state index in [0.717, 1.165) is 0 Å². The number of nitrogens with zero attached hydrogens (tertiary/aromatic N) is 1. The Bertz CT molecular complexity index is 74.9. The third kappa shape index (κ3) is 3.17. The Balaban J connectivity index is 3.71. The molecule has 0 fully saturated rings. The minimum absolute atomic E-state index is 0.427. The number of hydrogen-bond donors (Lipinski definition) is 0. The lowest BCUT2D eigenvalue weighted by Crippen LogP contribution is -2.36. The highest BCUT2D eigenvalue weighted by atomic mass is 32.3. The summed E-state index contributed by atoms with van der Waals surface area (Å²) in [7, 11) is 2.04. The normalized spacial score (nSPS) is 12.4. The van der Waals surface area contributed by atoms with Crippen LogP contribution in [0.4, 0.5) is 0 Å². The SMILES string of the molecule is CC(C)([S][AlH2])[N]([AlH])[AlH2]. The van der Waals surface area contributed by atoms with Gasteiger partial charge in [-0.2, -0.15) is 0 Å². The van der Waals surface area contributed by atoms with Gasteiger partial charge in [0.05, 0.1) is 0 Å². The van der Waals surface area contributed by atoms with Crippen LogP contribution in [0, 0.1) is 0 Å². The maximum atomic E-state index is 2.41. The Morgan fingerprint density at radius 3 is 2.00 bits per heavy atom. The second kappa shape index (κ2) is 3.93. The van der Waals surface area contributed by atoms with E-state index in [1.54, 1.807) is 0 Å². The zero-order valence-electron chi connectivity index (χ0n) is 6.06. The molecule has 8 heavy (non-hydrogen) atoms. The lowest BCUT2D eigenvalue weighted by atomic mass is 10.4. The quantitative estimate of drug-likeness (QED) is 0.377.